The van der Waals surface area contributed by atoms with Gasteiger partial charge in [0, 0.05) is 18.2 Å². The van der Waals surface area contributed by atoms with Crippen molar-refractivity contribution < 1.29 is 9.59 Å². The Morgan fingerprint density at radius 2 is 1.87 bits per heavy atom. The Labute approximate surface area is 132 Å². The molecule has 0 aromatic heterocycles. The highest BCUT2D eigenvalue weighted by molar-refractivity contribution is 6.53. The highest BCUT2D eigenvalue weighted by Gasteiger charge is 2.25. The summed E-state index contributed by atoms with van der Waals surface area (Å²) in [4.78, 5) is 22.8. The monoisotopic (exact) mass is 306 g/mol. The summed E-state index contributed by atoms with van der Waals surface area (Å²) in [5.74, 6) is -0.381. The van der Waals surface area contributed by atoms with Gasteiger partial charge in [0.15, 0.2) is 5.71 Å². The number of benzene rings is 2. The van der Waals surface area contributed by atoms with E-state index in [0.717, 1.165) is 16.8 Å². The summed E-state index contributed by atoms with van der Waals surface area (Å²) < 4.78 is 0. The maximum Gasteiger partial charge on any atom is 0.276 e. The first-order valence-electron chi connectivity index (χ1n) is 7.03. The van der Waals surface area contributed by atoms with Gasteiger partial charge >= 0.3 is 0 Å². The van der Waals surface area contributed by atoms with Crippen molar-refractivity contribution in [3.63, 3.8) is 0 Å². The molecule has 6 heteroatoms. The number of hydrogen-bond donors (Lipinski definition) is 2. The molecule has 2 aromatic rings. The molecule has 0 fully saturated rings. The van der Waals surface area contributed by atoms with E-state index in [1.54, 1.807) is 30.5 Å². The topological polar surface area (TPSA) is 82.9 Å². The Hall–Kier alpha value is -3.28. The third-order valence-corrected chi connectivity index (χ3v) is 3.24. The molecule has 23 heavy (non-hydrogen) atoms. The Balaban J connectivity index is 1.76. The van der Waals surface area contributed by atoms with Crippen LogP contribution >= 0.6 is 0 Å². The number of hydrogen-bond acceptors (Lipinski definition) is 4. The molecule has 0 spiro atoms. The molecule has 3 rings (SSSR count). The van der Waals surface area contributed by atoms with Crippen LogP contribution in [-0.4, -0.2) is 23.7 Å². The highest BCUT2D eigenvalue weighted by atomic mass is 16.2. The van der Waals surface area contributed by atoms with Crippen molar-refractivity contribution >= 4 is 35.1 Å². The second kappa shape index (κ2) is 6.23. The average molecular weight is 306 g/mol. The van der Waals surface area contributed by atoms with E-state index in [-0.39, 0.29) is 11.8 Å². The third-order valence-electron chi connectivity index (χ3n) is 3.24. The van der Waals surface area contributed by atoms with Gasteiger partial charge in [-0.2, -0.15) is 5.10 Å². The minimum atomic E-state index is -0.260. The molecule has 0 bridgehead atoms. The van der Waals surface area contributed by atoms with E-state index in [2.05, 4.69) is 20.8 Å². The van der Waals surface area contributed by atoms with Crippen molar-refractivity contribution in [1.82, 2.24) is 0 Å². The molecule has 1 aliphatic rings. The van der Waals surface area contributed by atoms with Crippen LogP contribution in [0.15, 0.2) is 58.7 Å². The van der Waals surface area contributed by atoms with Crippen molar-refractivity contribution in [2.45, 2.75) is 6.92 Å². The molecule has 114 valence electrons. The summed E-state index contributed by atoms with van der Waals surface area (Å²) in [5.41, 5.74) is 3.31. The van der Waals surface area contributed by atoms with Crippen LogP contribution in [0.3, 0.4) is 0 Å². The van der Waals surface area contributed by atoms with E-state index in [4.69, 9.17) is 0 Å². The van der Waals surface area contributed by atoms with Gasteiger partial charge in [-0.3, -0.25) is 9.59 Å². The third kappa shape index (κ3) is 3.32. The Bertz CT molecular complexity index is 823. The largest absolute Gasteiger partial charge is 0.326 e. The quantitative estimate of drug-likeness (QED) is 0.674. The second-order valence-corrected chi connectivity index (χ2v) is 5.00. The van der Waals surface area contributed by atoms with Gasteiger partial charge in [-0.1, -0.05) is 30.3 Å². The molecule has 2 amide bonds. The zero-order chi connectivity index (χ0) is 16.2. The van der Waals surface area contributed by atoms with Crippen molar-refractivity contribution in [2.75, 3.05) is 10.6 Å². The minimum Gasteiger partial charge on any atom is -0.326 e. The van der Waals surface area contributed by atoms with Crippen LogP contribution < -0.4 is 10.6 Å². The van der Waals surface area contributed by atoms with E-state index in [9.17, 15) is 9.59 Å². The molecule has 2 aromatic carbocycles. The van der Waals surface area contributed by atoms with Crippen LogP contribution in [0.25, 0.3) is 0 Å². The standard InChI is InChI=1S/C17H14N4O2/c1-11(22)19-13-8-6-12(7-9-13)10-18-21-16-14-4-2-3-5-15(14)20-17(16)23/h2-10H,1H3,(H,19,22)(H,20,21,23)/b18-10-. The lowest BCUT2D eigenvalue weighted by Crippen LogP contribution is -2.13. The number of nitrogens with zero attached hydrogens (tertiary/aromatic N) is 2. The predicted molar refractivity (Wildman–Crippen MR) is 89.9 cm³/mol. The molecule has 0 aliphatic carbocycles. The summed E-state index contributed by atoms with van der Waals surface area (Å²) in [7, 11) is 0. The zero-order valence-electron chi connectivity index (χ0n) is 12.4. The number of fused-ring (bicyclic) bond motifs is 1. The van der Waals surface area contributed by atoms with E-state index in [1.807, 2.05) is 24.3 Å². The number of carbonyl (C=O) groups excluding carboxylic acids is 2. The molecular weight excluding hydrogens is 292 g/mol. The van der Waals surface area contributed by atoms with Crippen LogP contribution in [0, 0.1) is 0 Å². The lowest BCUT2D eigenvalue weighted by molar-refractivity contribution is -0.114. The molecule has 2 N–H and O–H groups in total. The number of rotatable bonds is 3. The van der Waals surface area contributed by atoms with Gasteiger partial charge in [0.1, 0.15) is 0 Å². The van der Waals surface area contributed by atoms with Gasteiger partial charge in [-0.15, -0.1) is 5.10 Å². The molecular formula is C17H14N4O2. The molecule has 0 unspecified atom stereocenters. The van der Waals surface area contributed by atoms with Gasteiger partial charge in [0.25, 0.3) is 5.91 Å². The van der Waals surface area contributed by atoms with Crippen LogP contribution in [0.2, 0.25) is 0 Å². The van der Waals surface area contributed by atoms with Gasteiger partial charge in [-0.05, 0) is 23.8 Å². The highest BCUT2D eigenvalue weighted by Crippen LogP contribution is 2.22. The van der Waals surface area contributed by atoms with Crippen molar-refractivity contribution in [3.05, 3.63) is 59.7 Å². The van der Waals surface area contributed by atoms with Gasteiger partial charge in [-0.25, -0.2) is 0 Å². The fourth-order valence-electron chi connectivity index (χ4n) is 2.21. The smallest absolute Gasteiger partial charge is 0.276 e. The normalized spacial score (nSPS) is 14.8. The minimum absolute atomic E-state index is 0.122. The van der Waals surface area contributed by atoms with Crippen LogP contribution in [0.1, 0.15) is 18.1 Å². The lowest BCUT2D eigenvalue weighted by Gasteiger charge is -2.01. The SMILES string of the molecule is CC(=O)Nc1ccc(/C=N\N=C2/C(=O)Nc3ccccc32)cc1. The Morgan fingerprint density at radius 1 is 1.13 bits per heavy atom. The summed E-state index contributed by atoms with van der Waals surface area (Å²) in [6.07, 6.45) is 1.55. The first-order chi connectivity index (χ1) is 11.1. The zero-order valence-corrected chi connectivity index (χ0v) is 12.4. The summed E-state index contributed by atoms with van der Waals surface area (Å²) in [6, 6.07) is 14.5. The van der Waals surface area contributed by atoms with Crippen LogP contribution in [0.5, 0.6) is 0 Å². The molecule has 1 heterocycles. The van der Waals surface area contributed by atoms with Gasteiger partial charge in [0.05, 0.1) is 11.9 Å². The van der Waals surface area contributed by atoms with E-state index in [0.29, 0.717) is 11.4 Å². The van der Waals surface area contributed by atoms with E-state index < -0.39 is 0 Å². The lowest BCUT2D eigenvalue weighted by atomic mass is 10.1. The molecule has 1 aliphatic heterocycles. The van der Waals surface area contributed by atoms with Crippen LogP contribution in [-0.2, 0) is 9.59 Å². The fraction of sp³-hybridized carbons (Fsp3) is 0.0588. The maximum atomic E-state index is 11.9. The second-order valence-electron chi connectivity index (χ2n) is 5.00. The predicted octanol–water partition coefficient (Wildman–Crippen LogP) is 2.42. The van der Waals surface area contributed by atoms with Crippen molar-refractivity contribution in [1.29, 1.82) is 0 Å². The first-order valence-corrected chi connectivity index (χ1v) is 7.03. The van der Waals surface area contributed by atoms with Crippen LogP contribution in [0.4, 0.5) is 11.4 Å². The molecule has 0 saturated carbocycles. The number of carbonyl (C=O) groups is 2. The van der Waals surface area contributed by atoms with E-state index in [1.165, 1.54) is 6.92 Å². The Kier molecular flexibility index (Phi) is 3.97. The molecule has 0 radical (unpaired) electrons. The Morgan fingerprint density at radius 3 is 2.61 bits per heavy atom. The number of para-hydroxylation sites is 1. The first kappa shape index (κ1) is 14.6. The number of nitrogens with one attached hydrogen (secondary N) is 2. The summed E-state index contributed by atoms with van der Waals surface area (Å²) in [6.45, 7) is 1.45. The molecule has 0 saturated heterocycles. The van der Waals surface area contributed by atoms with Crippen molar-refractivity contribution in [2.24, 2.45) is 10.2 Å². The molecule has 6 nitrogen and oxygen atoms in total. The maximum absolute atomic E-state index is 11.9. The summed E-state index contributed by atoms with van der Waals surface area (Å²) in [5, 5.41) is 13.4. The average Bonchev–Trinajstić information content (AvgIpc) is 2.84. The fourth-order valence-corrected chi connectivity index (χ4v) is 2.21. The van der Waals surface area contributed by atoms with Crippen molar-refractivity contribution in [3.8, 4) is 0 Å². The summed E-state index contributed by atoms with van der Waals surface area (Å²) >= 11 is 0. The van der Waals surface area contributed by atoms with Gasteiger partial charge in [0.2, 0.25) is 5.91 Å². The van der Waals surface area contributed by atoms with Gasteiger partial charge < -0.3 is 10.6 Å². The van der Waals surface area contributed by atoms with E-state index >= 15 is 0 Å². The molecule has 0 atom stereocenters. The number of anilines is 2. The number of amides is 2.